The van der Waals surface area contributed by atoms with Gasteiger partial charge in [-0.3, -0.25) is 0 Å². The van der Waals surface area contributed by atoms with Crippen LogP contribution < -0.4 is 0 Å². The first-order valence-electron chi connectivity index (χ1n) is 8.73. The molecule has 0 bridgehead atoms. The lowest BCUT2D eigenvalue weighted by molar-refractivity contribution is -0.136. The van der Waals surface area contributed by atoms with Gasteiger partial charge in [0.1, 0.15) is 0 Å². The van der Waals surface area contributed by atoms with Gasteiger partial charge in [-0.1, -0.05) is 65.2 Å². The molecule has 0 heterocycles. The van der Waals surface area contributed by atoms with Gasteiger partial charge in [-0.05, 0) is 25.7 Å². The van der Waals surface area contributed by atoms with Crippen molar-refractivity contribution in [1.82, 2.24) is 0 Å². The van der Waals surface area contributed by atoms with E-state index in [4.69, 9.17) is 0 Å². The molecule has 0 radical (unpaired) electrons. The number of hydrogen-bond acceptors (Lipinski definition) is 2. The summed E-state index contributed by atoms with van der Waals surface area (Å²) in [4.78, 5) is 22.8. The molecule has 0 amide bonds. The maximum absolute atomic E-state index is 11.4. The van der Waals surface area contributed by atoms with Gasteiger partial charge >= 0.3 is 11.9 Å². The third-order valence-electron chi connectivity index (χ3n) is 3.94. The van der Waals surface area contributed by atoms with E-state index in [1.54, 1.807) is 0 Å². The van der Waals surface area contributed by atoms with Crippen LogP contribution in [-0.4, -0.2) is 22.2 Å². The normalized spacial score (nSPS) is 12.1. The number of carboxylic acid groups (broad SMARTS) is 2. The van der Waals surface area contributed by atoms with Crippen LogP contribution in [0.3, 0.4) is 0 Å². The molecule has 0 aliphatic rings. The zero-order valence-corrected chi connectivity index (χ0v) is 14.2. The van der Waals surface area contributed by atoms with Gasteiger partial charge in [-0.25, -0.2) is 9.59 Å². The molecule has 4 nitrogen and oxygen atoms in total. The highest BCUT2D eigenvalue weighted by Crippen LogP contribution is 2.20. The molecule has 0 aromatic heterocycles. The average molecular weight is 312 g/mol. The lowest BCUT2D eigenvalue weighted by Crippen LogP contribution is -2.12. The lowest BCUT2D eigenvalue weighted by Gasteiger charge is -2.09. The Morgan fingerprint density at radius 1 is 0.591 bits per heavy atom. The van der Waals surface area contributed by atoms with Crippen LogP contribution in [0.5, 0.6) is 0 Å². The van der Waals surface area contributed by atoms with E-state index in [0.29, 0.717) is 12.8 Å². The third-order valence-corrected chi connectivity index (χ3v) is 3.94. The number of rotatable bonds is 14. The number of hydrogen-bond donors (Lipinski definition) is 2. The van der Waals surface area contributed by atoms with E-state index in [9.17, 15) is 19.8 Å². The van der Waals surface area contributed by atoms with E-state index in [2.05, 4.69) is 13.8 Å². The van der Waals surface area contributed by atoms with Crippen LogP contribution in [0.2, 0.25) is 0 Å². The Balaban J connectivity index is 4.55. The van der Waals surface area contributed by atoms with Crippen LogP contribution in [0.25, 0.3) is 0 Å². The highest BCUT2D eigenvalue weighted by molar-refractivity contribution is 5.98. The average Bonchev–Trinajstić information content (AvgIpc) is 2.47. The molecule has 0 fully saturated rings. The van der Waals surface area contributed by atoms with E-state index in [0.717, 1.165) is 64.2 Å². The van der Waals surface area contributed by atoms with E-state index < -0.39 is 11.9 Å². The summed E-state index contributed by atoms with van der Waals surface area (Å²) in [7, 11) is 0. The van der Waals surface area contributed by atoms with Crippen molar-refractivity contribution >= 4 is 11.9 Å². The molecule has 0 aromatic carbocycles. The van der Waals surface area contributed by atoms with Crippen LogP contribution in [0.4, 0.5) is 0 Å². The third kappa shape index (κ3) is 9.59. The van der Waals surface area contributed by atoms with Gasteiger partial charge in [-0.15, -0.1) is 0 Å². The van der Waals surface area contributed by atoms with Crippen molar-refractivity contribution in [3.05, 3.63) is 11.1 Å². The quantitative estimate of drug-likeness (QED) is 0.342. The Hall–Kier alpha value is -1.32. The topological polar surface area (TPSA) is 74.6 Å². The Morgan fingerprint density at radius 2 is 0.909 bits per heavy atom. The minimum Gasteiger partial charge on any atom is -0.478 e. The second-order valence-corrected chi connectivity index (χ2v) is 5.90. The van der Waals surface area contributed by atoms with Crippen molar-refractivity contribution in [1.29, 1.82) is 0 Å². The van der Waals surface area contributed by atoms with Crippen molar-refractivity contribution in [2.45, 2.75) is 90.9 Å². The minimum absolute atomic E-state index is 0.111. The highest BCUT2D eigenvalue weighted by atomic mass is 16.4. The predicted octanol–water partition coefficient (Wildman–Crippen LogP) is 5.17. The standard InChI is InChI=1S/C18H32O4/c1-3-5-7-9-11-13-15(17(19)20)16(18(21)22)14-12-10-8-6-4-2/h3-14H2,1-2H3,(H,19,20)(H,21,22). The van der Waals surface area contributed by atoms with Gasteiger partial charge in [0.05, 0.1) is 0 Å². The molecule has 0 aromatic rings. The fourth-order valence-corrected chi connectivity index (χ4v) is 2.58. The molecule has 0 rings (SSSR count). The molecule has 4 heteroatoms. The summed E-state index contributed by atoms with van der Waals surface area (Å²) in [6, 6.07) is 0. The lowest BCUT2D eigenvalue weighted by atomic mass is 9.96. The first-order chi connectivity index (χ1) is 10.5. The van der Waals surface area contributed by atoms with Crippen LogP contribution in [-0.2, 0) is 9.59 Å². The first-order valence-corrected chi connectivity index (χ1v) is 8.73. The summed E-state index contributed by atoms with van der Waals surface area (Å²) in [5.41, 5.74) is 0.221. The molecule has 0 unspecified atom stereocenters. The van der Waals surface area contributed by atoms with E-state index in [1.165, 1.54) is 0 Å². The largest absolute Gasteiger partial charge is 0.478 e. The number of carboxylic acids is 2. The van der Waals surface area contributed by atoms with Crippen LogP contribution in [0, 0.1) is 0 Å². The van der Waals surface area contributed by atoms with Gasteiger partial charge in [-0.2, -0.15) is 0 Å². The van der Waals surface area contributed by atoms with Gasteiger partial charge in [0, 0.05) is 11.1 Å². The molecular weight excluding hydrogens is 280 g/mol. The second-order valence-electron chi connectivity index (χ2n) is 5.90. The van der Waals surface area contributed by atoms with Crippen LogP contribution in [0.1, 0.15) is 90.9 Å². The Kier molecular flexibility index (Phi) is 12.5. The van der Waals surface area contributed by atoms with E-state index >= 15 is 0 Å². The maximum Gasteiger partial charge on any atom is 0.332 e. The summed E-state index contributed by atoms with van der Waals surface area (Å²) in [6.07, 6.45) is 10.9. The van der Waals surface area contributed by atoms with E-state index in [1.807, 2.05) is 0 Å². The van der Waals surface area contributed by atoms with Crippen molar-refractivity contribution < 1.29 is 19.8 Å². The van der Waals surface area contributed by atoms with Crippen molar-refractivity contribution in [2.24, 2.45) is 0 Å². The summed E-state index contributed by atoms with van der Waals surface area (Å²) in [5, 5.41) is 18.6. The summed E-state index contributed by atoms with van der Waals surface area (Å²) < 4.78 is 0. The molecule has 0 atom stereocenters. The summed E-state index contributed by atoms with van der Waals surface area (Å²) in [5.74, 6) is -2.14. The summed E-state index contributed by atoms with van der Waals surface area (Å²) >= 11 is 0. The van der Waals surface area contributed by atoms with Crippen LogP contribution in [0.15, 0.2) is 11.1 Å². The molecule has 0 spiro atoms. The van der Waals surface area contributed by atoms with E-state index in [-0.39, 0.29) is 11.1 Å². The fraction of sp³-hybridized carbons (Fsp3) is 0.778. The van der Waals surface area contributed by atoms with Gasteiger partial charge in [0.15, 0.2) is 0 Å². The number of unbranched alkanes of at least 4 members (excludes halogenated alkanes) is 8. The monoisotopic (exact) mass is 312 g/mol. The number of aliphatic carboxylic acids is 2. The fourth-order valence-electron chi connectivity index (χ4n) is 2.58. The maximum atomic E-state index is 11.4. The molecule has 0 aliphatic heterocycles. The zero-order valence-electron chi connectivity index (χ0n) is 14.2. The molecule has 0 saturated heterocycles. The summed E-state index contributed by atoms with van der Waals surface area (Å²) in [6.45, 7) is 4.26. The molecule has 0 saturated carbocycles. The molecule has 2 N–H and O–H groups in total. The van der Waals surface area contributed by atoms with Gasteiger partial charge in [0.25, 0.3) is 0 Å². The van der Waals surface area contributed by atoms with Crippen molar-refractivity contribution in [3.8, 4) is 0 Å². The Morgan fingerprint density at radius 3 is 1.18 bits per heavy atom. The molecular formula is C18H32O4. The first kappa shape index (κ1) is 20.7. The smallest absolute Gasteiger partial charge is 0.332 e. The molecule has 22 heavy (non-hydrogen) atoms. The SMILES string of the molecule is CCCCCCCC(C(=O)O)=C(CCCCCCC)C(=O)O. The number of carbonyl (C=O) groups is 2. The van der Waals surface area contributed by atoms with Gasteiger partial charge < -0.3 is 10.2 Å². The van der Waals surface area contributed by atoms with Crippen LogP contribution >= 0.6 is 0 Å². The van der Waals surface area contributed by atoms with Gasteiger partial charge in [0.2, 0.25) is 0 Å². The van der Waals surface area contributed by atoms with Crippen molar-refractivity contribution in [3.63, 3.8) is 0 Å². The molecule has 0 aliphatic carbocycles. The minimum atomic E-state index is -1.07. The zero-order chi connectivity index (χ0) is 16.8. The highest BCUT2D eigenvalue weighted by Gasteiger charge is 2.19. The second kappa shape index (κ2) is 13.4. The van der Waals surface area contributed by atoms with Crippen molar-refractivity contribution in [2.75, 3.05) is 0 Å². The molecule has 128 valence electrons. The predicted molar refractivity (Wildman–Crippen MR) is 89.0 cm³/mol. The Bertz CT molecular complexity index is 324. The Labute approximate surface area is 134 Å².